The molecule has 2 aromatic carbocycles. The lowest BCUT2D eigenvalue weighted by Gasteiger charge is -2.22. The number of carbonyl (C=O) groups is 4. The van der Waals surface area contributed by atoms with E-state index in [0.717, 1.165) is 0 Å². The quantitative estimate of drug-likeness (QED) is 0.374. The average molecular weight is 392 g/mol. The molecule has 1 aromatic heterocycles. The van der Waals surface area contributed by atoms with Gasteiger partial charge < -0.3 is 9.47 Å². The number of benzene rings is 2. The number of nitrogens with zero attached hydrogens (tertiary/aromatic N) is 4. The molecule has 29 heavy (non-hydrogen) atoms. The van der Waals surface area contributed by atoms with E-state index >= 15 is 0 Å². The van der Waals surface area contributed by atoms with Crippen LogP contribution in [0.15, 0.2) is 36.7 Å². The molecule has 0 N–H and O–H groups in total. The molecule has 0 saturated carbocycles. The van der Waals surface area contributed by atoms with E-state index in [9.17, 15) is 19.2 Å². The zero-order valence-corrected chi connectivity index (χ0v) is 15.2. The molecule has 0 radical (unpaired) electrons. The Kier molecular flexibility index (Phi) is 4.23. The van der Waals surface area contributed by atoms with Gasteiger partial charge in [-0.3, -0.25) is 19.2 Å². The van der Waals surface area contributed by atoms with Gasteiger partial charge >= 0.3 is 11.9 Å². The van der Waals surface area contributed by atoms with Crippen LogP contribution in [0.1, 0.15) is 45.7 Å². The van der Waals surface area contributed by atoms with Crippen LogP contribution in [0.2, 0.25) is 0 Å². The molecule has 0 bridgehead atoms. The number of fused-ring (bicyclic) bond motifs is 2. The number of ether oxygens (including phenoxy) is 2. The van der Waals surface area contributed by atoms with Crippen molar-refractivity contribution in [1.82, 2.24) is 20.2 Å². The Balaban J connectivity index is 1.97. The fraction of sp³-hybridized carbons (Fsp3) is 0.105. The Bertz CT molecular complexity index is 1200. The predicted molar refractivity (Wildman–Crippen MR) is 95.1 cm³/mol. The normalized spacial score (nSPS) is 12.2. The summed E-state index contributed by atoms with van der Waals surface area (Å²) >= 11 is 0. The number of aromatic nitrogens is 4. The summed E-state index contributed by atoms with van der Waals surface area (Å²) in [7, 11) is 0. The minimum Gasteiger partial charge on any atom is -0.426 e. The Hall–Kier alpha value is -4.21. The van der Waals surface area contributed by atoms with Crippen molar-refractivity contribution in [3.05, 3.63) is 58.9 Å². The highest BCUT2D eigenvalue weighted by molar-refractivity contribution is 6.30. The van der Waals surface area contributed by atoms with Crippen LogP contribution in [0, 0.1) is 0 Å². The van der Waals surface area contributed by atoms with Gasteiger partial charge in [0.1, 0.15) is 17.8 Å². The van der Waals surface area contributed by atoms with Gasteiger partial charge in [0.25, 0.3) is 0 Å². The number of hydrogen-bond donors (Lipinski definition) is 0. The zero-order chi connectivity index (χ0) is 20.7. The van der Waals surface area contributed by atoms with Gasteiger partial charge in [-0.1, -0.05) is 12.1 Å². The Labute approximate surface area is 163 Å². The summed E-state index contributed by atoms with van der Waals surface area (Å²) in [4.78, 5) is 49.5. The third-order valence-electron chi connectivity index (χ3n) is 4.18. The van der Waals surface area contributed by atoms with E-state index in [1.165, 1.54) is 55.2 Å². The van der Waals surface area contributed by atoms with Gasteiger partial charge in [-0.05, 0) is 22.6 Å². The lowest BCUT2D eigenvalue weighted by Crippen LogP contribution is -2.24. The molecular weight excluding hydrogens is 380 g/mol. The van der Waals surface area contributed by atoms with Crippen molar-refractivity contribution in [3.8, 4) is 17.2 Å². The lowest BCUT2D eigenvalue weighted by atomic mass is 9.82. The molecular formula is C19H12N4O6. The summed E-state index contributed by atoms with van der Waals surface area (Å²) in [5, 5.41) is 10.8. The Morgan fingerprint density at radius 2 is 1.59 bits per heavy atom. The maximum Gasteiger partial charge on any atom is 0.308 e. The number of esters is 2. The second-order valence-corrected chi connectivity index (χ2v) is 6.15. The molecule has 1 aliphatic carbocycles. The number of carbonyl (C=O) groups excluding carboxylic acids is 4. The van der Waals surface area contributed by atoms with Crippen molar-refractivity contribution in [2.45, 2.75) is 13.8 Å². The zero-order valence-electron chi connectivity index (χ0n) is 15.2. The summed E-state index contributed by atoms with van der Waals surface area (Å²) in [6.07, 6.45) is 1.29. The van der Waals surface area contributed by atoms with Crippen LogP contribution in [-0.2, 0) is 9.59 Å². The second-order valence-electron chi connectivity index (χ2n) is 6.15. The average Bonchev–Trinajstić information content (AvgIpc) is 3.19. The monoisotopic (exact) mass is 392 g/mol. The summed E-state index contributed by atoms with van der Waals surface area (Å²) < 4.78 is 11.6. The number of rotatable bonds is 3. The van der Waals surface area contributed by atoms with Crippen LogP contribution >= 0.6 is 0 Å². The van der Waals surface area contributed by atoms with E-state index in [1.54, 1.807) is 0 Å². The molecule has 0 fully saturated rings. The van der Waals surface area contributed by atoms with Crippen molar-refractivity contribution in [3.63, 3.8) is 0 Å². The molecule has 4 rings (SSSR count). The van der Waals surface area contributed by atoms with E-state index in [-0.39, 0.29) is 33.8 Å². The van der Waals surface area contributed by atoms with Crippen molar-refractivity contribution >= 4 is 23.5 Å². The first-order chi connectivity index (χ1) is 13.9. The number of ketones is 2. The SMILES string of the molecule is CC(=O)Oc1cccc2c1C(=O)c1c(OC(C)=O)cc(-n3cnnn3)cc1C2=O. The number of tetrazole rings is 1. The third kappa shape index (κ3) is 3.06. The Morgan fingerprint density at radius 1 is 0.897 bits per heavy atom. The molecule has 0 amide bonds. The first kappa shape index (κ1) is 18.2. The summed E-state index contributed by atoms with van der Waals surface area (Å²) in [6, 6.07) is 7.19. The summed E-state index contributed by atoms with van der Waals surface area (Å²) in [5.74, 6) is -2.59. The van der Waals surface area contributed by atoms with Crippen molar-refractivity contribution in [2.75, 3.05) is 0 Å². The minimum absolute atomic E-state index is 0.0201. The molecule has 10 heteroatoms. The highest BCUT2D eigenvalue weighted by Gasteiger charge is 2.36. The van der Waals surface area contributed by atoms with E-state index < -0.39 is 23.5 Å². The summed E-state index contributed by atoms with van der Waals surface area (Å²) in [6.45, 7) is 2.36. The lowest BCUT2D eigenvalue weighted by molar-refractivity contribution is -0.132. The maximum atomic E-state index is 13.3. The van der Waals surface area contributed by atoms with E-state index in [0.29, 0.717) is 5.69 Å². The summed E-state index contributed by atoms with van der Waals surface area (Å²) in [5.41, 5.74) is 0.249. The van der Waals surface area contributed by atoms with Gasteiger partial charge in [0.15, 0.2) is 5.78 Å². The second kappa shape index (κ2) is 6.75. The van der Waals surface area contributed by atoms with Gasteiger partial charge in [-0.2, -0.15) is 0 Å². The molecule has 0 saturated heterocycles. The molecule has 1 heterocycles. The minimum atomic E-state index is -0.680. The van der Waals surface area contributed by atoms with E-state index in [1.807, 2.05) is 0 Å². The van der Waals surface area contributed by atoms with Crippen LogP contribution in [0.4, 0.5) is 0 Å². The highest BCUT2D eigenvalue weighted by atomic mass is 16.5. The topological polar surface area (TPSA) is 130 Å². The van der Waals surface area contributed by atoms with Gasteiger partial charge in [0, 0.05) is 31.0 Å². The van der Waals surface area contributed by atoms with Gasteiger partial charge in [-0.15, -0.1) is 5.10 Å². The third-order valence-corrected chi connectivity index (χ3v) is 4.18. The van der Waals surface area contributed by atoms with Crippen molar-refractivity contribution < 1.29 is 28.7 Å². The van der Waals surface area contributed by atoms with Gasteiger partial charge in [0.05, 0.1) is 16.8 Å². The van der Waals surface area contributed by atoms with E-state index in [4.69, 9.17) is 9.47 Å². The predicted octanol–water partition coefficient (Wildman–Crippen LogP) is 1.29. The fourth-order valence-corrected chi connectivity index (χ4v) is 3.13. The van der Waals surface area contributed by atoms with Crippen molar-refractivity contribution in [2.24, 2.45) is 0 Å². The van der Waals surface area contributed by atoms with Crippen LogP contribution in [0.25, 0.3) is 5.69 Å². The highest BCUT2D eigenvalue weighted by Crippen LogP contribution is 2.38. The standard InChI is InChI=1S/C19H12N4O6/c1-9(24)28-14-5-3-4-12-16(14)19(27)17-13(18(12)26)6-11(23-8-20-21-22-23)7-15(17)29-10(2)25/h3-8H,1-2H3. The largest absolute Gasteiger partial charge is 0.426 e. The Morgan fingerprint density at radius 3 is 2.24 bits per heavy atom. The molecule has 3 aromatic rings. The first-order valence-electron chi connectivity index (χ1n) is 8.37. The molecule has 0 aliphatic heterocycles. The van der Waals surface area contributed by atoms with Gasteiger partial charge in [-0.25, -0.2) is 4.68 Å². The van der Waals surface area contributed by atoms with Crippen LogP contribution in [-0.4, -0.2) is 43.7 Å². The van der Waals surface area contributed by atoms with Crippen LogP contribution in [0.3, 0.4) is 0 Å². The first-order valence-corrected chi connectivity index (χ1v) is 8.37. The van der Waals surface area contributed by atoms with E-state index in [2.05, 4.69) is 15.5 Å². The molecule has 0 spiro atoms. The van der Waals surface area contributed by atoms with Gasteiger partial charge in [0.2, 0.25) is 5.78 Å². The van der Waals surface area contributed by atoms with Crippen molar-refractivity contribution in [1.29, 1.82) is 0 Å². The molecule has 1 aliphatic rings. The maximum absolute atomic E-state index is 13.3. The molecule has 144 valence electrons. The molecule has 0 atom stereocenters. The molecule has 10 nitrogen and oxygen atoms in total. The van der Waals surface area contributed by atoms with Crippen LogP contribution in [0.5, 0.6) is 11.5 Å². The smallest absolute Gasteiger partial charge is 0.308 e. The molecule has 0 unspecified atom stereocenters. The van der Waals surface area contributed by atoms with Crippen LogP contribution < -0.4 is 9.47 Å². The fourth-order valence-electron chi connectivity index (χ4n) is 3.13. The number of hydrogen-bond acceptors (Lipinski definition) is 9.